The lowest BCUT2D eigenvalue weighted by Gasteiger charge is -2.13. The second kappa shape index (κ2) is 3.62. The van der Waals surface area contributed by atoms with E-state index in [1.54, 1.807) is 0 Å². The summed E-state index contributed by atoms with van der Waals surface area (Å²) in [5, 5.41) is 0. The monoisotopic (exact) mass is 216 g/mol. The van der Waals surface area contributed by atoms with Gasteiger partial charge < -0.3 is 5.73 Å². The molecule has 0 spiro atoms. The van der Waals surface area contributed by atoms with Crippen molar-refractivity contribution < 1.29 is 14.4 Å². The highest BCUT2D eigenvalue weighted by Crippen LogP contribution is 2.19. The molecule has 16 heavy (non-hydrogen) atoms. The summed E-state index contributed by atoms with van der Waals surface area (Å²) in [6.07, 6.45) is 2.40. The number of amides is 3. The molecule has 0 saturated heterocycles. The van der Waals surface area contributed by atoms with E-state index in [2.05, 4.69) is 0 Å². The van der Waals surface area contributed by atoms with Gasteiger partial charge in [0, 0.05) is 17.7 Å². The number of rotatable bonds is 2. The highest BCUT2D eigenvalue weighted by atomic mass is 16.2. The molecule has 1 aliphatic heterocycles. The van der Waals surface area contributed by atoms with Crippen molar-refractivity contribution in [1.29, 1.82) is 0 Å². The molecule has 1 aromatic rings. The molecule has 2 N–H and O–H groups in total. The van der Waals surface area contributed by atoms with Gasteiger partial charge in [-0.2, -0.15) is 0 Å². The zero-order valence-electron chi connectivity index (χ0n) is 8.21. The average molecular weight is 216 g/mol. The molecule has 0 bridgehead atoms. The predicted octanol–water partition coefficient (Wildman–Crippen LogP) is 0.215. The Hall–Kier alpha value is -2.43. The highest BCUT2D eigenvalue weighted by molar-refractivity contribution is 6.28. The van der Waals surface area contributed by atoms with Crippen LogP contribution >= 0.6 is 0 Å². The number of nitrogens with zero attached hydrogens (tertiary/aromatic N) is 1. The summed E-state index contributed by atoms with van der Waals surface area (Å²) in [6, 6.07) is 5.94. The van der Waals surface area contributed by atoms with Crippen molar-refractivity contribution in [2.24, 2.45) is 5.73 Å². The second-order valence-corrected chi connectivity index (χ2v) is 3.26. The molecule has 1 aliphatic rings. The molecule has 0 unspecified atom stereocenters. The number of imide groups is 1. The minimum atomic E-state index is -0.552. The molecular weight excluding hydrogens is 208 g/mol. The molecule has 0 atom stereocenters. The van der Waals surface area contributed by atoms with Gasteiger partial charge in [0.2, 0.25) is 5.91 Å². The zero-order chi connectivity index (χ0) is 11.7. The third kappa shape index (κ3) is 1.58. The summed E-state index contributed by atoms with van der Waals surface area (Å²) in [6.45, 7) is 0. The van der Waals surface area contributed by atoms with E-state index >= 15 is 0 Å². The molecule has 3 amide bonds. The first-order chi connectivity index (χ1) is 7.59. The largest absolute Gasteiger partial charge is 0.366 e. The van der Waals surface area contributed by atoms with Gasteiger partial charge >= 0.3 is 0 Å². The molecule has 5 heteroatoms. The van der Waals surface area contributed by atoms with Crippen molar-refractivity contribution in [2.45, 2.75) is 0 Å². The Labute approximate surface area is 91.1 Å². The Morgan fingerprint density at radius 1 is 1.00 bits per heavy atom. The van der Waals surface area contributed by atoms with Crippen LogP contribution in [0.5, 0.6) is 0 Å². The van der Waals surface area contributed by atoms with Crippen molar-refractivity contribution >= 4 is 23.4 Å². The fraction of sp³-hybridized carbons (Fsp3) is 0. The Morgan fingerprint density at radius 3 is 1.94 bits per heavy atom. The van der Waals surface area contributed by atoms with E-state index in [0.29, 0.717) is 11.3 Å². The lowest BCUT2D eigenvalue weighted by atomic mass is 10.2. The summed E-state index contributed by atoms with van der Waals surface area (Å²) < 4.78 is 0. The van der Waals surface area contributed by atoms with Crippen LogP contribution in [0.15, 0.2) is 36.4 Å². The molecule has 80 valence electrons. The van der Waals surface area contributed by atoms with Crippen LogP contribution in [0, 0.1) is 0 Å². The van der Waals surface area contributed by atoms with Gasteiger partial charge in [0.1, 0.15) is 0 Å². The van der Waals surface area contributed by atoms with Crippen molar-refractivity contribution in [3.63, 3.8) is 0 Å². The first kappa shape index (κ1) is 10.1. The third-order valence-corrected chi connectivity index (χ3v) is 2.22. The minimum absolute atomic E-state index is 0.329. The number of carbonyl (C=O) groups is 3. The number of benzene rings is 1. The second-order valence-electron chi connectivity index (χ2n) is 3.26. The van der Waals surface area contributed by atoms with Gasteiger partial charge in [0.05, 0.1) is 5.69 Å². The number of nitrogens with two attached hydrogens (primary N) is 1. The Morgan fingerprint density at radius 2 is 1.50 bits per heavy atom. The van der Waals surface area contributed by atoms with Gasteiger partial charge in [-0.3, -0.25) is 14.4 Å². The molecule has 1 heterocycles. The Bertz CT molecular complexity index is 484. The van der Waals surface area contributed by atoms with E-state index < -0.39 is 17.7 Å². The maximum atomic E-state index is 11.3. The molecule has 0 fully saturated rings. The minimum Gasteiger partial charge on any atom is -0.366 e. The van der Waals surface area contributed by atoms with Gasteiger partial charge in [-0.05, 0) is 24.3 Å². The fourth-order valence-electron chi connectivity index (χ4n) is 1.43. The summed E-state index contributed by atoms with van der Waals surface area (Å²) in [7, 11) is 0. The standard InChI is InChI=1S/C11H8N2O3/c12-11(16)7-1-3-8(4-2-7)13-9(14)5-6-10(13)15/h1-6H,(H2,12,16). The van der Waals surface area contributed by atoms with E-state index in [1.165, 1.54) is 36.4 Å². The van der Waals surface area contributed by atoms with Gasteiger partial charge in [-0.1, -0.05) is 0 Å². The molecule has 0 aromatic heterocycles. The van der Waals surface area contributed by atoms with Gasteiger partial charge in [-0.25, -0.2) is 4.90 Å². The molecular formula is C11H8N2O3. The van der Waals surface area contributed by atoms with E-state index in [4.69, 9.17) is 5.73 Å². The van der Waals surface area contributed by atoms with Crippen molar-refractivity contribution in [2.75, 3.05) is 4.90 Å². The molecule has 2 rings (SSSR count). The summed E-state index contributed by atoms with van der Waals surface area (Å²) >= 11 is 0. The Kier molecular flexibility index (Phi) is 2.28. The van der Waals surface area contributed by atoms with E-state index in [-0.39, 0.29) is 0 Å². The molecule has 5 nitrogen and oxygen atoms in total. The number of hydrogen-bond donors (Lipinski definition) is 1. The lowest BCUT2D eigenvalue weighted by molar-refractivity contribution is -0.119. The SMILES string of the molecule is NC(=O)c1ccc(N2C(=O)C=CC2=O)cc1. The predicted molar refractivity (Wildman–Crippen MR) is 56.6 cm³/mol. The van der Waals surface area contributed by atoms with Crippen molar-refractivity contribution in [3.05, 3.63) is 42.0 Å². The van der Waals surface area contributed by atoms with E-state index in [1.807, 2.05) is 0 Å². The van der Waals surface area contributed by atoms with Gasteiger partial charge in [0.25, 0.3) is 11.8 Å². The quantitative estimate of drug-likeness (QED) is 0.718. The topological polar surface area (TPSA) is 80.5 Å². The van der Waals surface area contributed by atoms with Crippen LogP contribution in [-0.2, 0) is 9.59 Å². The maximum Gasteiger partial charge on any atom is 0.258 e. The maximum absolute atomic E-state index is 11.3. The first-order valence-corrected chi connectivity index (χ1v) is 4.55. The normalized spacial score (nSPS) is 14.6. The van der Waals surface area contributed by atoms with Crippen LogP contribution in [0.2, 0.25) is 0 Å². The number of anilines is 1. The van der Waals surface area contributed by atoms with E-state index in [0.717, 1.165) is 4.90 Å². The Balaban J connectivity index is 2.32. The molecule has 1 aromatic carbocycles. The van der Waals surface area contributed by atoms with Crippen LogP contribution in [0.3, 0.4) is 0 Å². The first-order valence-electron chi connectivity index (χ1n) is 4.55. The van der Waals surface area contributed by atoms with Crippen LogP contribution in [0.25, 0.3) is 0 Å². The van der Waals surface area contributed by atoms with Crippen LogP contribution in [0.1, 0.15) is 10.4 Å². The summed E-state index contributed by atoms with van der Waals surface area (Å²) in [4.78, 5) is 34.5. The van der Waals surface area contributed by atoms with Crippen LogP contribution < -0.4 is 10.6 Å². The summed E-state index contributed by atoms with van der Waals surface area (Å²) in [5.74, 6) is -1.34. The van der Waals surface area contributed by atoms with E-state index in [9.17, 15) is 14.4 Å². The molecule has 0 radical (unpaired) electrons. The zero-order valence-corrected chi connectivity index (χ0v) is 8.21. The molecule has 0 aliphatic carbocycles. The van der Waals surface area contributed by atoms with Crippen molar-refractivity contribution in [3.8, 4) is 0 Å². The summed E-state index contributed by atoms with van der Waals surface area (Å²) in [5.41, 5.74) is 5.82. The highest BCUT2D eigenvalue weighted by Gasteiger charge is 2.24. The average Bonchev–Trinajstić information content (AvgIpc) is 2.59. The number of carbonyl (C=O) groups excluding carboxylic acids is 3. The van der Waals surface area contributed by atoms with Gasteiger partial charge in [-0.15, -0.1) is 0 Å². The van der Waals surface area contributed by atoms with Crippen molar-refractivity contribution in [1.82, 2.24) is 0 Å². The molecule has 0 saturated carbocycles. The smallest absolute Gasteiger partial charge is 0.258 e. The van der Waals surface area contributed by atoms with Gasteiger partial charge in [0.15, 0.2) is 0 Å². The van der Waals surface area contributed by atoms with Crippen LogP contribution in [-0.4, -0.2) is 17.7 Å². The number of primary amides is 1. The lowest BCUT2D eigenvalue weighted by Crippen LogP contribution is -2.29. The number of hydrogen-bond acceptors (Lipinski definition) is 3. The van der Waals surface area contributed by atoms with Crippen LogP contribution in [0.4, 0.5) is 5.69 Å². The third-order valence-electron chi connectivity index (χ3n) is 2.22. The fourth-order valence-corrected chi connectivity index (χ4v) is 1.43.